The molecule has 0 aromatic heterocycles. The molecule has 2 aliphatic heterocycles. The summed E-state index contributed by atoms with van der Waals surface area (Å²) >= 11 is 0. The predicted octanol–water partition coefficient (Wildman–Crippen LogP) is 1.80. The highest BCUT2D eigenvalue weighted by molar-refractivity contribution is 5.77. The number of hydrogen-bond acceptors (Lipinski definition) is 3. The largest absolute Gasteiger partial charge is 0.343 e. The number of piperidine rings is 1. The SMILES string of the molecule is CC(C)N1CCC(N(C)CCCN2CCCC2=O)CC1. The quantitative estimate of drug-likeness (QED) is 0.743. The van der Waals surface area contributed by atoms with Crippen LogP contribution in [-0.2, 0) is 4.79 Å². The average molecular weight is 281 g/mol. The van der Waals surface area contributed by atoms with Crippen LogP contribution in [0, 0.1) is 0 Å². The third-order valence-corrected chi connectivity index (χ3v) is 4.96. The topological polar surface area (TPSA) is 26.8 Å². The zero-order valence-electron chi connectivity index (χ0n) is 13.5. The van der Waals surface area contributed by atoms with E-state index in [-0.39, 0.29) is 0 Å². The zero-order valence-corrected chi connectivity index (χ0v) is 13.5. The summed E-state index contributed by atoms with van der Waals surface area (Å²) in [6.45, 7) is 10.1. The van der Waals surface area contributed by atoms with Crippen molar-refractivity contribution in [3.8, 4) is 0 Å². The Balaban J connectivity index is 1.63. The molecule has 0 saturated carbocycles. The van der Waals surface area contributed by atoms with Gasteiger partial charge in [-0.25, -0.2) is 0 Å². The van der Waals surface area contributed by atoms with E-state index < -0.39 is 0 Å². The summed E-state index contributed by atoms with van der Waals surface area (Å²) in [6, 6.07) is 1.42. The second kappa shape index (κ2) is 7.41. The van der Waals surface area contributed by atoms with Gasteiger partial charge in [-0.05, 0) is 66.2 Å². The molecule has 2 heterocycles. The summed E-state index contributed by atoms with van der Waals surface area (Å²) in [5.74, 6) is 0.359. The molecule has 2 aliphatic rings. The molecular formula is C16H31N3O. The molecule has 20 heavy (non-hydrogen) atoms. The second-order valence-electron chi connectivity index (χ2n) is 6.68. The number of carbonyl (C=O) groups is 1. The van der Waals surface area contributed by atoms with Gasteiger partial charge in [0.1, 0.15) is 0 Å². The first-order valence-corrected chi connectivity index (χ1v) is 8.30. The molecule has 0 unspecified atom stereocenters. The van der Waals surface area contributed by atoms with E-state index in [1.807, 2.05) is 4.90 Å². The highest BCUT2D eigenvalue weighted by atomic mass is 16.2. The van der Waals surface area contributed by atoms with Crippen LogP contribution in [0.1, 0.15) is 46.0 Å². The summed E-state index contributed by atoms with van der Waals surface area (Å²) in [4.78, 5) is 18.7. The molecule has 0 aromatic rings. The fraction of sp³-hybridized carbons (Fsp3) is 0.938. The number of likely N-dealkylation sites (tertiary alicyclic amines) is 2. The van der Waals surface area contributed by atoms with Gasteiger partial charge in [0.05, 0.1) is 0 Å². The van der Waals surface area contributed by atoms with Crippen molar-refractivity contribution in [2.75, 3.05) is 39.8 Å². The Morgan fingerprint density at radius 1 is 1.25 bits per heavy atom. The molecule has 4 heteroatoms. The molecular weight excluding hydrogens is 250 g/mol. The lowest BCUT2D eigenvalue weighted by Gasteiger charge is -2.38. The van der Waals surface area contributed by atoms with Gasteiger partial charge in [-0.1, -0.05) is 0 Å². The molecule has 2 rings (SSSR count). The van der Waals surface area contributed by atoms with Crippen molar-refractivity contribution in [1.29, 1.82) is 0 Å². The van der Waals surface area contributed by atoms with E-state index in [0.717, 1.165) is 44.9 Å². The maximum Gasteiger partial charge on any atom is 0.222 e. The molecule has 0 atom stereocenters. The Kier molecular flexibility index (Phi) is 5.85. The van der Waals surface area contributed by atoms with Crippen LogP contribution in [0.4, 0.5) is 0 Å². The van der Waals surface area contributed by atoms with Gasteiger partial charge in [-0.3, -0.25) is 4.79 Å². The maximum absolute atomic E-state index is 11.6. The molecule has 0 bridgehead atoms. The minimum atomic E-state index is 0.359. The third-order valence-electron chi connectivity index (χ3n) is 4.96. The van der Waals surface area contributed by atoms with Gasteiger partial charge in [0.15, 0.2) is 0 Å². The van der Waals surface area contributed by atoms with Crippen LogP contribution in [0.25, 0.3) is 0 Å². The average Bonchev–Trinajstić information content (AvgIpc) is 2.84. The van der Waals surface area contributed by atoms with E-state index in [2.05, 4.69) is 30.7 Å². The number of hydrogen-bond donors (Lipinski definition) is 0. The number of rotatable bonds is 6. The van der Waals surface area contributed by atoms with Crippen LogP contribution in [0.15, 0.2) is 0 Å². The lowest BCUT2D eigenvalue weighted by atomic mass is 10.0. The van der Waals surface area contributed by atoms with Gasteiger partial charge in [0, 0.05) is 31.6 Å². The Morgan fingerprint density at radius 2 is 1.95 bits per heavy atom. The monoisotopic (exact) mass is 281 g/mol. The minimum Gasteiger partial charge on any atom is -0.343 e. The first kappa shape index (κ1) is 15.8. The van der Waals surface area contributed by atoms with Crippen molar-refractivity contribution in [2.24, 2.45) is 0 Å². The Bertz CT molecular complexity index is 311. The van der Waals surface area contributed by atoms with Gasteiger partial charge in [0.25, 0.3) is 0 Å². The van der Waals surface area contributed by atoms with E-state index in [1.54, 1.807) is 0 Å². The fourth-order valence-corrected chi connectivity index (χ4v) is 3.48. The standard InChI is InChI=1S/C16H31N3O/c1-14(2)18-12-7-15(8-13-18)17(3)9-5-11-19-10-4-6-16(19)20/h14-15H,4-13H2,1-3H3. The van der Waals surface area contributed by atoms with E-state index >= 15 is 0 Å². The predicted molar refractivity (Wildman–Crippen MR) is 82.8 cm³/mol. The van der Waals surface area contributed by atoms with E-state index in [1.165, 1.54) is 25.9 Å². The van der Waals surface area contributed by atoms with Crippen molar-refractivity contribution in [2.45, 2.75) is 58.0 Å². The van der Waals surface area contributed by atoms with Crippen molar-refractivity contribution < 1.29 is 4.79 Å². The van der Waals surface area contributed by atoms with Crippen molar-refractivity contribution in [3.63, 3.8) is 0 Å². The number of carbonyl (C=O) groups excluding carboxylic acids is 1. The molecule has 2 fully saturated rings. The Hall–Kier alpha value is -0.610. The first-order chi connectivity index (χ1) is 9.58. The normalized spacial score (nSPS) is 22.4. The number of nitrogens with zero attached hydrogens (tertiary/aromatic N) is 3. The van der Waals surface area contributed by atoms with Crippen LogP contribution >= 0.6 is 0 Å². The summed E-state index contributed by atoms with van der Waals surface area (Å²) < 4.78 is 0. The van der Waals surface area contributed by atoms with Crippen molar-refractivity contribution >= 4 is 5.91 Å². The maximum atomic E-state index is 11.6. The van der Waals surface area contributed by atoms with Gasteiger partial charge in [-0.2, -0.15) is 0 Å². The lowest BCUT2D eigenvalue weighted by Crippen LogP contribution is -2.46. The molecule has 0 aromatic carbocycles. The van der Waals surface area contributed by atoms with Crippen LogP contribution in [0.3, 0.4) is 0 Å². The second-order valence-corrected chi connectivity index (χ2v) is 6.68. The third kappa shape index (κ3) is 4.19. The number of amides is 1. The Labute approximate surface area is 124 Å². The fourth-order valence-electron chi connectivity index (χ4n) is 3.48. The first-order valence-electron chi connectivity index (χ1n) is 8.30. The summed E-state index contributed by atoms with van der Waals surface area (Å²) in [5.41, 5.74) is 0. The van der Waals surface area contributed by atoms with Crippen molar-refractivity contribution in [1.82, 2.24) is 14.7 Å². The summed E-state index contributed by atoms with van der Waals surface area (Å²) in [6.07, 6.45) is 5.52. The van der Waals surface area contributed by atoms with E-state index in [4.69, 9.17) is 0 Å². The molecule has 0 aliphatic carbocycles. The molecule has 4 nitrogen and oxygen atoms in total. The smallest absolute Gasteiger partial charge is 0.222 e. The van der Waals surface area contributed by atoms with Gasteiger partial charge in [0.2, 0.25) is 5.91 Å². The van der Waals surface area contributed by atoms with Gasteiger partial charge >= 0.3 is 0 Å². The van der Waals surface area contributed by atoms with Crippen LogP contribution < -0.4 is 0 Å². The minimum absolute atomic E-state index is 0.359. The Morgan fingerprint density at radius 3 is 2.50 bits per heavy atom. The molecule has 0 N–H and O–H groups in total. The van der Waals surface area contributed by atoms with Crippen molar-refractivity contribution in [3.05, 3.63) is 0 Å². The highest BCUT2D eigenvalue weighted by Crippen LogP contribution is 2.17. The van der Waals surface area contributed by atoms with E-state index in [0.29, 0.717) is 11.9 Å². The molecule has 0 spiro atoms. The van der Waals surface area contributed by atoms with Crippen LogP contribution in [-0.4, -0.2) is 72.5 Å². The van der Waals surface area contributed by atoms with Crippen LogP contribution in [0.2, 0.25) is 0 Å². The zero-order chi connectivity index (χ0) is 14.5. The molecule has 2 saturated heterocycles. The summed E-state index contributed by atoms with van der Waals surface area (Å²) in [5, 5.41) is 0. The molecule has 1 amide bonds. The van der Waals surface area contributed by atoms with E-state index in [9.17, 15) is 4.79 Å². The van der Waals surface area contributed by atoms with Crippen LogP contribution in [0.5, 0.6) is 0 Å². The highest BCUT2D eigenvalue weighted by Gasteiger charge is 2.24. The molecule has 116 valence electrons. The lowest BCUT2D eigenvalue weighted by molar-refractivity contribution is -0.127. The summed E-state index contributed by atoms with van der Waals surface area (Å²) in [7, 11) is 2.25. The van der Waals surface area contributed by atoms with Gasteiger partial charge < -0.3 is 14.7 Å². The molecule has 0 radical (unpaired) electrons. The van der Waals surface area contributed by atoms with Gasteiger partial charge in [-0.15, -0.1) is 0 Å².